The molecule has 0 atom stereocenters. The second-order valence-electron chi connectivity index (χ2n) is 2.72. The van der Waals surface area contributed by atoms with E-state index in [2.05, 4.69) is 12.6 Å². The summed E-state index contributed by atoms with van der Waals surface area (Å²) in [5.74, 6) is -1.03. The molecule has 0 N–H and O–H groups in total. The lowest BCUT2D eigenvalue weighted by Gasteiger charge is -2.09. The molecular formula is C8H10N2O3S. The van der Waals surface area contributed by atoms with Crippen LogP contribution in [0.3, 0.4) is 0 Å². The van der Waals surface area contributed by atoms with Gasteiger partial charge in [-0.15, -0.1) is 0 Å². The number of imide groups is 2. The van der Waals surface area contributed by atoms with Crippen molar-refractivity contribution in [3.63, 3.8) is 0 Å². The zero-order valence-corrected chi connectivity index (χ0v) is 8.53. The quantitative estimate of drug-likeness (QED) is 0.309. The third kappa shape index (κ3) is 1.79. The van der Waals surface area contributed by atoms with Crippen molar-refractivity contribution in [2.45, 2.75) is 0 Å². The first kappa shape index (κ1) is 10.8. The number of hydrogen-bond acceptors (Lipinski definition) is 4. The number of thiol groups is 1. The lowest BCUT2D eigenvalue weighted by Crippen LogP contribution is -2.31. The number of carbonyl (C=O) groups is 3. The molecule has 0 bridgehead atoms. The summed E-state index contributed by atoms with van der Waals surface area (Å²) in [7, 11) is 1.28. The number of likely N-dealkylation sites (N-methyl/N-ethyl adjacent to an activating group) is 1. The van der Waals surface area contributed by atoms with Crippen molar-refractivity contribution >= 4 is 30.5 Å². The first-order valence-electron chi connectivity index (χ1n) is 3.99. The Hall–Kier alpha value is -1.30. The highest BCUT2D eigenvalue weighted by atomic mass is 32.1. The molecule has 0 aromatic rings. The van der Waals surface area contributed by atoms with Crippen molar-refractivity contribution in [1.29, 1.82) is 0 Å². The van der Waals surface area contributed by atoms with Crippen LogP contribution in [-0.4, -0.2) is 47.0 Å². The first-order chi connectivity index (χ1) is 6.59. The van der Waals surface area contributed by atoms with E-state index in [0.29, 0.717) is 5.75 Å². The Bertz CT molecular complexity index is 314. The largest absolute Gasteiger partial charge is 0.334 e. The normalized spacial score (nSPS) is 17.7. The highest BCUT2D eigenvalue weighted by Gasteiger charge is 2.41. The Balaban J connectivity index is 2.71. The van der Waals surface area contributed by atoms with Gasteiger partial charge in [0.15, 0.2) is 0 Å². The van der Waals surface area contributed by atoms with Crippen LogP contribution in [0.5, 0.6) is 0 Å². The van der Waals surface area contributed by atoms with Crippen molar-refractivity contribution in [3.8, 4) is 0 Å². The van der Waals surface area contributed by atoms with Crippen LogP contribution in [0.15, 0.2) is 12.2 Å². The van der Waals surface area contributed by atoms with Gasteiger partial charge in [0.05, 0.1) is 0 Å². The van der Waals surface area contributed by atoms with Crippen molar-refractivity contribution in [3.05, 3.63) is 12.2 Å². The van der Waals surface area contributed by atoms with E-state index in [-0.39, 0.29) is 6.54 Å². The van der Waals surface area contributed by atoms with Crippen molar-refractivity contribution in [1.82, 2.24) is 9.80 Å². The number of rotatable bonds is 3. The molecule has 5 nitrogen and oxygen atoms in total. The first-order valence-corrected chi connectivity index (χ1v) is 4.62. The number of nitrogens with zero attached hydrogens (tertiary/aromatic N) is 2. The van der Waals surface area contributed by atoms with Gasteiger partial charge < -0.3 is 0 Å². The van der Waals surface area contributed by atoms with Gasteiger partial charge in [0.2, 0.25) is 0 Å². The van der Waals surface area contributed by atoms with Crippen LogP contribution in [-0.2, 0) is 9.59 Å². The van der Waals surface area contributed by atoms with Crippen molar-refractivity contribution in [2.24, 2.45) is 0 Å². The molecule has 1 fully saturated rings. The molecule has 1 heterocycles. The van der Waals surface area contributed by atoms with Gasteiger partial charge in [-0.1, -0.05) is 12.2 Å². The summed E-state index contributed by atoms with van der Waals surface area (Å²) in [6.07, 6.45) is 3.32. The second-order valence-corrected chi connectivity index (χ2v) is 3.08. The lowest BCUT2D eigenvalue weighted by molar-refractivity contribution is -0.142. The fourth-order valence-corrected chi connectivity index (χ4v) is 1.18. The maximum absolute atomic E-state index is 11.3. The molecule has 6 heteroatoms. The maximum Gasteiger partial charge on any atom is 0.334 e. The summed E-state index contributed by atoms with van der Waals surface area (Å²) in [5.41, 5.74) is 0. The molecule has 1 rings (SSSR count). The van der Waals surface area contributed by atoms with Gasteiger partial charge in [-0.2, -0.15) is 12.6 Å². The Kier molecular flexibility index (Phi) is 3.29. The van der Waals surface area contributed by atoms with Crippen LogP contribution in [0.2, 0.25) is 0 Å². The Morgan fingerprint density at radius 2 is 1.86 bits per heavy atom. The van der Waals surface area contributed by atoms with Crippen molar-refractivity contribution in [2.75, 3.05) is 19.3 Å². The van der Waals surface area contributed by atoms with E-state index >= 15 is 0 Å². The minimum Gasteiger partial charge on any atom is -0.263 e. The average molecular weight is 214 g/mol. The fraction of sp³-hybridized carbons (Fsp3) is 0.375. The molecule has 14 heavy (non-hydrogen) atoms. The molecule has 0 spiro atoms. The van der Waals surface area contributed by atoms with Crippen LogP contribution in [0, 0.1) is 0 Å². The summed E-state index contributed by atoms with van der Waals surface area (Å²) in [4.78, 5) is 35.2. The standard InChI is InChI=1S/C8H10N2O3S/c1-9-6(11)7(12)10(8(9)13)4-2-3-5-14/h2-3,14H,4-5H2,1H3. The highest BCUT2D eigenvalue weighted by molar-refractivity contribution is 7.80. The van der Waals surface area contributed by atoms with E-state index in [0.717, 1.165) is 9.80 Å². The molecule has 0 aliphatic carbocycles. The van der Waals surface area contributed by atoms with Crippen LogP contribution in [0.25, 0.3) is 0 Å². The molecule has 76 valence electrons. The molecule has 1 saturated heterocycles. The highest BCUT2D eigenvalue weighted by Crippen LogP contribution is 2.08. The molecule has 4 amide bonds. The predicted octanol–water partition coefficient (Wildman–Crippen LogP) is -0.107. The van der Waals surface area contributed by atoms with E-state index in [1.165, 1.54) is 7.05 Å². The van der Waals surface area contributed by atoms with Gasteiger partial charge >= 0.3 is 17.8 Å². The molecule has 0 unspecified atom stereocenters. The number of carbonyl (C=O) groups excluding carboxylic acids is 3. The maximum atomic E-state index is 11.3. The Morgan fingerprint density at radius 3 is 2.29 bits per heavy atom. The lowest BCUT2D eigenvalue weighted by atomic mass is 10.4. The minimum atomic E-state index is -0.783. The smallest absolute Gasteiger partial charge is 0.263 e. The fourth-order valence-electron chi connectivity index (χ4n) is 1.03. The SMILES string of the molecule is CN1C(=O)C(=O)N(CC=CCS)C1=O. The van der Waals surface area contributed by atoms with Gasteiger partial charge in [0.1, 0.15) is 0 Å². The summed E-state index contributed by atoms with van der Waals surface area (Å²) >= 11 is 3.93. The molecule has 0 aromatic carbocycles. The van der Waals surface area contributed by atoms with Crippen LogP contribution in [0.4, 0.5) is 4.79 Å². The Labute approximate surface area is 86.8 Å². The van der Waals surface area contributed by atoms with Gasteiger partial charge in [-0.3, -0.25) is 19.4 Å². The van der Waals surface area contributed by atoms with E-state index in [1.807, 2.05) is 0 Å². The van der Waals surface area contributed by atoms with E-state index in [4.69, 9.17) is 0 Å². The van der Waals surface area contributed by atoms with Crippen molar-refractivity contribution < 1.29 is 14.4 Å². The summed E-state index contributed by atoms with van der Waals surface area (Å²) in [5, 5.41) is 0. The van der Waals surface area contributed by atoms with E-state index in [1.54, 1.807) is 12.2 Å². The zero-order valence-electron chi connectivity index (χ0n) is 7.64. The topological polar surface area (TPSA) is 57.7 Å². The van der Waals surface area contributed by atoms with E-state index in [9.17, 15) is 14.4 Å². The summed E-state index contributed by atoms with van der Waals surface area (Å²) in [6, 6.07) is -0.580. The minimum absolute atomic E-state index is 0.119. The van der Waals surface area contributed by atoms with Gasteiger partial charge in [-0.25, -0.2) is 4.79 Å². The molecular weight excluding hydrogens is 204 g/mol. The zero-order chi connectivity index (χ0) is 10.7. The Morgan fingerprint density at radius 1 is 1.21 bits per heavy atom. The summed E-state index contributed by atoms with van der Waals surface area (Å²) < 4.78 is 0. The molecule has 0 saturated carbocycles. The van der Waals surface area contributed by atoms with E-state index < -0.39 is 17.8 Å². The third-order valence-corrected chi connectivity index (χ3v) is 2.02. The number of amides is 4. The third-order valence-electron chi connectivity index (χ3n) is 1.81. The van der Waals surface area contributed by atoms with Gasteiger partial charge in [0, 0.05) is 19.3 Å². The van der Waals surface area contributed by atoms with Crippen LogP contribution in [0.1, 0.15) is 0 Å². The number of urea groups is 1. The molecule has 1 aliphatic heterocycles. The van der Waals surface area contributed by atoms with Gasteiger partial charge in [-0.05, 0) is 0 Å². The second kappa shape index (κ2) is 4.28. The van der Waals surface area contributed by atoms with Crippen LogP contribution >= 0.6 is 12.6 Å². The van der Waals surface area contributed by atoms with Gasteiger partial charge in [0.25, 0.3) is 0 Å². The molecule has 0 aromatic heterocycles. The predicted molar refractivity (Wildman–Crippen MR) is 52.9 cm³/mol. The summed E-state index contributed by atoms with van der Waals surface area (Å²) in [6.45, 7) is 0.119. The number of hydrogen-bond donors (Lipinski definition) is 1. The van der Waals surface area contributed by atoms with Crippen LogP contribution < -0.4 is 0 Å². The average Bonchev–Trinajstić information content (AvgIpc) is 2.35. The monoisotopic (exact) mass is 214 g/mol. The molecule has 0 radical (unpaired) electrons. The molecule has 1 aliphatic rings.